The first kappa shape index (κ1) is 14.9. The van der Waals surface area contributed by atoms with Gasteiger partial charge in [0.25, 0.3) is 0 Å². The largest absolute Gasteiger partial charge is 0.310 e. The van der Waals surface area contributed by atoms with Gasteiger partial charge in [0.05, 0.1) is 0 Å². The summed E-state index contributed by atoms with van der Waals surface area (Å²) in [7, 11) is 0. The van der Waals surface area contributed by atoms with Gasteiger partial charge in [-0.25, -0.2) is 0 Å². The molecule has 1 N–H and O–H groups in total. The van der Waals surface area contributed by atoms with Gasteiger partial charge in [0.1, 0.15) is 0 Å². The minimum Gasteiger partial charge on any atom is -0.310 e. The molecular formula is C17H27NS. The third-order valence-electron chi connectivity index (χ3n) is 4.05. The number of thioether (sulfide) groups is 1. The molecule has 0 amide bonds. The minimum absolute atomic E-state index is 0.510. The van der Waals surface area contributed by atoms with Crippen LogP contribution in [0.3, 0.4) is 0 Å². The summed E-state index contributed by atoms with van der Waals surface area (Å²) in [5.74, 6) is 1.21. The number of aryl methyl sites for hydroxylation is 2. The highest BCUT2D eigenvalue weighted by Gasteiger charge is 2.19. The van der Waals surface area contributed by atoms with E-state index in [1.165, 1.54) is 48.1 Å². The van der Waals surface area contributed by atoms with Crippen molar-refractivity contribution >= 4 is 11.8 Å². The molecule has 0 radical (unpaired) electrons. The first-order valence-corrected chi connectivity index (χ1v) is 8.67. The van der Waals surface area contributed by atoms with Crippen LogP contribution in [0.25, 0.3) is 0 Å². The van der Waals surface area contributed by atoms with Crippen molar-refractivity contribution in [1.82, 2.24) is 5.32 Å². The van der Waals surface area contributed by atoms with E-state index in [0.29, 0.717) is 6.04 Å². The van der Waals surface area contributed by atoms with Crippen molar-refractivity contribution in [3.8, 4) is 0 Å². The van der Waals surface area contributed by atoms with E-state index in [2.05, 4.69) is 56.0 Å². The molecule has 106 valence electrons. The van der Waals surface area contributed by atoms with Crippen LogP contribution in [0.5, 0.6) is 0 Å². The van der Waals surface area contributed by atoms with Gasteiger partial charge < -0.3 is 5.32 Å². The van der Waals surface area contributed by atoms with Crippen molar-refractivity contribution < 1.29 is 0 Å². The van der Waals surface area contributed by atoms with Crippen molar-refractivity contribution in [2.24, 2.45) is 0 Å². The fourth-order valence-corrected chi connectivity index (χ4v) is 4.44. The van der Waals surface area contributed by atoms with Gasteiger partial charge in [0, 0.05) is 17.0 Å². The second kappa shape index (κ2) is 7.35. The monoisotopic (exact) mass is 277 g/mol. The average Bonchev–Trinajstić information content (AvgIpc) is 2.88. The van der Waals surface area contributed by atoms with Gasteiger partial charge in [-0.2, -0.15) is 11.8 Å². The van der Waals surface area contributed by atoms with Crippen molar-refractivity contribution in [1.29, 1.82) is 0 Å². The van der Waals surface area contributed by atoms with E-state index in [1.807, 2.05) is 0 Å². The highest BCUT2D eigenvalue weighted by molar-refractivity contribution is 7.99. The van der Waals surface area contributed by atoms with Crippen molar-refractivity contribution in [3.63, 3.8) is 0 Å². The molecule has 0 aliphatic heterocycles. The molecule has 2 heteroatoms. The van der Waals surface area contributed by atoms with Gasteiger partial charge >= 0.3 is 0 Å². The summed E-state index contributed by atoms with van der Waals surface area (Å²) in [5, 5.41) is 4.57. The molecule has 1 saturated carbocycles. The lowest BCUT2D eigenvalue weighted by Gasteiger charge is -2.22. The molecule has 1 aliphatic carbocycles. The maximum absolute atomic E-state index is 3.66. The molecule has 0 bridgehead atoms. The van der Waals surface area contributed by atoms with E-state index in [9.17, 15) is 0 Å². The van der Waals surface area contributed by atoms with Gasteiger partial charge in [0.15, 0.2) is 0 Å². The Kier molecular flexibility index (Phi) is 5.77. The third-order valence-corrected chi connectivity index (χ3v) is 5.52. The van der Waals surface area contributed by atoms with E-state index < -0.39 is 0 Å². The summed E-state index contributed by atoms with van der Waals surface area (Å²) in [6.07, 6.45) is 5.73. The van der Waals surface area contributed by atoms with Crippen molar-refractivity contribution in [2.75, 3.05) is 12.3 Å². The number of hydrogen-bond donors (Lipinski definition) is 1. The van der Waals surface area contributed by atoms with Crippen LogP contribution in [0.15, 0.2) is 18.2 Å². The molecule has 1 aromatic carbocycles. The maximum atomic E-state index is 3.66. The summed E-state index contributed by atoms with van der Waals surface area (Å²) in [6.45, 7) is 7.67. The molecule has 0 saturated heterocycles. The average molecular weight is 277 g/mol. The molecule has 1 aromatic rings. The summed E-state index contributed by atoms with van der Waals surface area (Å²) in [6, 6.07) is 7.37. The first-order valence-electron chi connectivity index (χ1n) is 7.63. The topological polar surface area (TPSA) is 12.0 Å². The molecule has 1 nitrogen and oxygen atoms in total. The normalized spacial score (nSPS) is 17.8. The summed E-state index contributed by atoms with van der Waals surface area (Å²) >= 11 is 2.18. The zero-order valence-corrected chi connectivity index (χ0v) is 13.4. The molecule has 1 atom stereocenters. The van der Waals surface area contributed by atoms with Crippen LogP contribution < -0.4 is 5.32 Å². The Morgan fingerprint density at radius 2 is 2.00 bits per heavy atom. The van der Waals surface area contributed by atoms with Crippen LogP contribution in [-0.4, -0.2) is 17.5 Å². The van der Waals surface area contributed by atoms with Crippen LogP contribution in [0.2, 0.25) is 0 Å². The van der Waals surface area contributed by atoms with Gasteiger partial charge in [0.2, 0.25) is 0 Å². The Labute approximate surface area is 122 Å². The summed E-state index contributed by atoms with van der Waals surface area (Å²) < 4.78 is 0. The summed E-state index contributed by atoms with van der Waals surface area (Å²) in [4.78, 5) is 0. The molecule has 1 fully saturated rings. The molecule has 0 spiro atoms. The Balaban J connectivity index is 2.01. The van der Waals surface area contributed by atoms with Crippen LogP contribution in [0.1, 0.15) is 55.3 Å². The van der Waals surface area contributed by atoms with Crippen LogP contribution >= 0.6 is 11.8 Å². The van der Waals surface area contributed by atoms with E-state index in [0.717, 1.165) is 11.8 Å². The van der Waals surface area contributed by atoms with Gasteiger partial charge in [-0.3, -0.25) is 0 Å². The summed E-state index contributed by atoms with van der Waals surface area (Å²) in [5.41, 5.74) is 4.27. The lowest BCUT2D eigenvalue weighted by Crippen LogP contribution is -2.24. The maximum Gasteiger partial charge on any atom is 0.0414 e. The van der Waals surface area contributed by atoms with E-state index in [-0.39, 0.29) is 0 Å². The van der Waals surface area contributed by atoms with Gasteiger partial charge in [-0.05, 0) is 44.4 Å². The molecular weight excluding hydrogens is 250 g/mol. The second-order valence-corrected chi connectivity index (χ2v) is 7.04. The molecule has 19 heavy (non-hydrogen) atoms. The molecule has 1 unspecified atom stereocenters. The van der Waals surface area contributed by atoms with Crippen molar-refractivity contribution in [3.05, 3.63) is 34.9 Å². The number of hydrogen-bond acceptors (Lipinski definition) is 2. The lowest BCUT2D eigenvalue weighted by molar-refractivity contribution is 0.602. The minimum atomic E-state index is 0.510. The van der Waals surface area contributed by atoms with Crippen molar-refractivity contribution in [2.45, 2.75) is 57.7 Å². The number of rotatable bonds is 6. The number of nitrogens with one attached hydrogen (secondary N) is 1. The smallest absolute Gasteiger partial charge is 0.0414 e. The lowest BCUT2D eigenvalue weighted by atomic mass is 10.0. The van der Waals surface area contributed by atoms with Gasteiger partial charge in [-0.15, -0.1) is 0 Å². The predicted molar refractivity (Wildman–Crippen MR) is 87.0 cm³/mol. The predicted octanol–water partition coefficient (Wildman–Crippen LogP) is 4.63. The SMILES string of the molecule is CCNC(CSC1CCCC1)c1ccc(C)cc1C. The second-order valence-electron chi connectivity index (χ2n) is 5.71. The Hall–Kier alpha value is -0.470. The zero-order valence-electron chi connectivity index (χ0n) is 12.5. The standard InChI is InChI=1S/C17H27NS/c1-4-18-17(12-19-15-7-5-6-8-15)16-10-9-13(2)11-14(16)3/h9-11,15,17-18H,4-8,12H2,1-3H3. The van der Waals surface area contributed by atoms with Gasteiger partial charge in [-0.1, -0.05) is 43.5 Å². The van der Waals surface area contributed by atoms with E-state index in [1.54, 1.807) is 0 Å². The highest BCUT2D eigenvalue weighted by atomic mass is 32.2. The molecule has 1 aliphatic rings. The molecule has 2 rings (SSSR count). The quantitative estimate of drug-likeness (QED) is 0.813. The zero-order chi connectivity index (χ0) is 13.7. The highest BCUT2D eigenvalue weighted by Crippen LogP contribution is 2.32. The van der Waals surface area contributed by atoms with E-state index in [4.69, 9.17) is 0 Å². The van der Waals surface area contributed by atoms with E-state index >= 15 is 0 Å². The first-order chi connectivity index (χ1) is 9.20. The molecule has 0 aromatic heterocycles. The van der Waals surface area contributed by atoms with Crippen LogP contribution in [0, 0.1) is 13.8 Å². The Morgan fingerprint density at radius 1 is 1.26 bits per heavy atom. The van der Waals surface area contributed by atoms with Crippen LogP contribution in [0.4, 0.5) is 0 Å². The Morgan fingerprint density at radius 3 is 2.63 bits per heavy atom. The Bertz CT molecular complexity index is 396. The number of benzene rings is 1. The molecule has 0 heterocycles. The fraction of sp³-hybridized carbons (Fsp3) is 0.647. The van der Waals surface area contributed by atoms with Crippen LogP contribution in [-0.2, 0) is 0 Å². The third kappa shape index (κ3) is 4.25. The fourth-order valence-electron chi connectivity index (χ4n) is 3.01.